The van der Waals surface area contributed by atoms with Crippen LogP contribution in [0.15, 0.2) is 66.6 Å². The number of nitrogens with zero attached hydrogens (tertiary/aromatic N) is 5. The molecule has 0 aliphatic carbocycles. The van der Waals surface area contributed by atoms with E-state index >= 15 is 0 Å². The molecule has 0 saturated carbocycles. The molecule has 1 saturated heterocycles. The van der Waals surface area contributed by atoms with E-state index in [1.807, 2.05) is 12.1 Å². The van der Waals surface area contributed by atoms with E-state index in [0.717, 1.165) is 92.9 Å². The van der Waals surface area contributed by atoms with Gasteiger partial charge in [-0.25, -0.2) is 9.97 Å². The fourth-order valence-electron chi connectivity index (χ4n) is 5.43. The van der Waals surface area contributed by atoms with Crippen molar-refractivity contribution in [2.24, 2.45) is 0 Å². The van der Waals surface area contributed by atoms with Gasteiger partial charge in [0.1, 0.15) is 17.1 Å². The van der Waals surface area contributed by atoms with Crippen molar-refractivity contribution in [3.05, 3.63) is 77.2 Å². The topological polar surface area (TPSA) is 81.8 Å². The number of nitrogens with one attached hydrogen (secondary N) is 2. The number of halogens is 1. The Bertz CT molecular complexity index is 1500. The van der Waals surface area contributed by atoms with E-state index in [2.05, 4.69) is 72.6 Å². The van der Waals surface area contributed by atoms with Crippen molar-refractivity contribution in [2.45, 2.75) is 13.0 Å². The first-order chi connectivity index (χ1) is 20.1. The third-order valence-electron chi connectivity index (χ3n) is 7.79. The fourth-order valence-corrected chi connectivity index (χ4v) is 5.61. The van der Waals surface area contributed by atoms with Crippen LogP contribution in [0.2, 0.25) is 5.02 Å². The third-order valence-corrected chi connectivity index (χ3v) is 8.08. The number of pyridine rings is 1. The number of H-pyrrole nitrogens is 1. The van der Waals surface area contributed by atoms with Crippen LogP contribution in [0.4, 0.5) is 11.4 Å². The summed E-state index contributed by atoms with van der Waals surface area (Å²) in [4.78, 5) is 20.0. The maximum absolute atomic E-state index is 6.63. The number of hydrogen-bond donors (Lipinski definition) is 2. The second kappa shape index (κ2) is 12.4. The molecule has 1 fully saturated rings. The van der Waals surface area contributed by atoms with Crippen molar-refractivity contribution in [2.75, 3.05) is 70.3 Å². The van der Waals surface area contributed by atoms with Crippen LogP contribution in [-0.2, 0) is 11.3 Å². The summed E-state index contributed by atoms with van der Waals surface area (Å²) < 4.78 is 10.5. The van der Waals surface area contributed by atoms with Crippen LogP contribution in [0.25, 0.3) is 22.6 Å². The summed E-state index contributed by atoms with van der Waals surface area (Å²) in [6.07, 6.45) is 4.74. The van der Waals surface area contributed by atoms with Crippen molar-refractivity contribution in [3.63, 3.8) is 0 Å². The molecule has 0 bridgehead atoms. The Balaban J connectivity index is 1.14. The highest BCUT2D eigenvalue weighted by Crippen LogP contribution is 2.33. The largest absolute Gasteiger partial charge is 0.497 e. The molecule has 10 heteroatoms. The van der Waals surface area contributed by atoms with Crippen molar-refractivity contribution in [1.82, 2.24) is 24.8 Å². The van der Waals surface area contributed by atoms with Gasteiger partial charge in [-0.05, 0) is 42.0 Å². The van der Waals surface area contributed by atoms with E-state index < -0.39 is 0 Å². The lowest BCUT2D eigenvalue weighted by molar-refractivity contribution is 0.144. The first kappa shape index (κ1) is 27.4. The molecule has 2 N–H and O–H groups in total. The molecule has 0 radical (unpaired) electrons. The van der Waals surface area contributed by atoms with Gasteiger partial charge >= 0.3 is 0 Å². The number of methoxy groups -OCH3 is 2. The van der Waals surface area contributed by atoms with Crippen LogP contribution in [-0.4, -0.2) is 84.8 Å². The standard InChI is InChI=1S/C31H36ClN7O2/c1-40-18-17-37-13-15-39(16-14-37)25-7-5-23(6-8-25)30-35-29-28(27(32)19-33-31(29)36-30)34-24-11-12-38(21-24)20-22-3-9-26(41-2)10-4-22/h3-10,19,21H,11-18,20H2,1-2H3,(H2,33,34,35,36). The Morgan fingerprint density at radius 2 is 1.76 bits per heavy atom. The van der Waals surface area contributed by atoms with E-state index in [4.69, 9.17) is 26.1 Å². The van der Waals surface area contributed by atoms with Gasteiger partial charge in [-0.2, -0.15) is 0 Å². The van der Waals surface area contributed by atoms with Gasteiger partial charge in [0.05, 0.1) is 30.6 Å². The highest BCUT2D eigenvalue weighted by molar-refractivity contribution is 6.34. The molecule has 4 aromatic rings. The van der Waals surface area contributed by atoms with Crippen LogP contribution >= 0.6 is 11.6 Å². The first-order valence-corrected chi connectivity index (χ1v) is 14.4. The number of benzene rings is 2. The van der Waals surface area contributed by atoms with Gasteiger partial charge in [0, 0.05) is 82.5 Å². The van der Waals surface area contributed by atoms with Gasteiger partial charge in [-0.15, -0.1) is 0 Å². The van der Waals surface area contributed by atoms with Gasteiger partial charge < -0.3 is 29.6 Å². The normalized spacial score (nSPS) is 15.9. The molecular formula is C31H36ClN7O2. The van der Waals surface area contributed by atoms with Crippen LogP contribution < -0.4 is 15.0 Å². The van der Waals surface area contributed by atoms with Gasteiger partial charge in [-0.3, -0.25) is 4.90 Å². The molecule has 41 heavy (non-hydrogen) atoms. The molecule has 2 aliphatic heterocycles. The molecule has 0 atom stereocenters. The smallest absolute Gasteiger partial charge is 0.159 e. The van der Waals surface area contributed by atoms with E-state index in [1.54, 1.807) is 20.4 Å². The van der Waals surface area contributed by atoms with E-state index in [0.29, 0.717) is 10.7 Å². The minimum atomic E-state index is 0.546. The molecule has 2 aliphatic rings. The zero-order valence-electron chi connectivity index (χ0n) is 23.6. The average Bonchev–Trinajstić information content (AvgIpc) is 3.65. The Labute approximate surface area is 245 Å². The minimum Gasteiger partial charge on any atom is -0.497 e. The number of piperazine rings is 1. The number of aromatic nitrogens is 3. The van der Waals surface area contributed by atoms with Gasteiger partial charge in [0.2, 0.25) is 0 Å². The van der Waals surface area contributed by atoms with Crippen LogP contribution in [0.3, 0.4) is 0 Å². The summed E-state index contributed by atoms with van der Waals surface area (Å²) in [6, 6.07) is 16.8. The van der Waals surface area contributed by atoms with E-state index in [9.17, 15) is 0 Å². The second-order valence-corrected chi connectivity index (χ2v) is 10.9. The summed E-state index contributed by atoms with van der Waals surface area (Å²) in [5.41, 5.74) is 6.80. The van der Waals surface area contributed by atoms with Crippen molar-refractivity contribution < 1.29 is 9.47 Å². The highest BCUT2D eigenvalue weighted by atomic mass is 35.5. The van der Waals surface area contributed by atoms with Crippen molar-refractivity contribution >= 4 is 34.1 Å². The Morgan fingerprint density at radius 1 is 0.976 bits per heavy atom. The Morgan fingerprint density at radius 3 is 2.49 bits per heavy atom. The lowest BCUT2D eigenvalue weighted by Gasteiger charge is -2.36. The second-order valence-electron chi connectivity index (χ2n) is 10.5. The summed E-state index contributed by atoms with van der Waals surface area (Å²) in [6.45, 7) is 7.66. The Hall–Kier alpha value is -3.79. The molecule has 0 amide bonds. The molecule has 6 rings (SSSR count). The minimum absolute atomic E-state index is 0.546. The lowest BCUT2D eigenvalue weighted by atomic mass is 10.1. The zero-order chi connectivity index (χ0) is 28.2. The van der Waals surface area contributed by atoms with Crippen LogP contribution in [0.1, 0.15) is 12.0 Å². The number of fused-ring (bicyclic) bond motifs is 1. The fraction of sp³-hybridized carbons (Fsp3) is 0.355. The number of aromatic amines is 1. The molecule has 0 spiro atoms. The molecule has 214 valence electrons. The number of imidazole rings is 1. The third kappa shape index (κ3) is 6.27. The quantitative estimate of drug-likeness (QED) is 0.267. The van der Waals surface area contributed by atoms with Gasteiger partial charge in [-0.1, -0.05) is 23.7 Å². The number of ether oxygens (including phenoxy) is 2. The molecule has 0 unspecified atom stereocenters. The summed E-state index contributed by atoms with van der Waals surface area (Å²) >= 11 is 6.63. The number of rotatable bonds is 10. The van der Waals surface area contributed by atoms with E-state index in [1.165, 1.54) is 11.3 Å². The SMILES string of the molecule is COCCN1CCN(c2ccc(-c3nc4c(NC5=CN(Cc6ccc(OC)cc6)CC5)c(Cl)cnc4[nH]3)cc2)CC1. The van der Waals surface area contributed by atoms with Crippen LogP contribution in [0.5, 0.6) is 5.75 Å². The van der Waals surface area contributed by atoms with E-state index in [-0.39, 0.29) is 0 Å². The van der Waals surface area contributed by atoms with Gasteiger partial charge in [0.25, 0.3) is 0 Å². The predicted molar refractivity (Wildman–Crippen MR) is 165 cm³/mol. The number of anilines is 2. The van der Waals surface area contributed by atoms with Gasteiger partial charge in [0.15, 0.2) is 5.65 Å². The first-order valence-electron chi connectivity index (χ1n) is 14.0. The molecule has 4 heterocycles. The highest BCUT2D eigenvalue weighted by Gasteiger charge is 2.20. The van der Waals surface area contributed by atoms with Crippen LogP contribution in [0, 0.1) is 0 Å². The average molecular weight is 574 g/mol. The molecule has 2 aromatic carbocycles. The molecule has 9 nitrogen and oxygen atoms in total. The molecular weight excluding hydrogens is 538 g/mol. The zero-order valence-corrected chi connectivity index (χ0v) is 24.3. The lowest BCUT2D eigenvalue weighted by Crippen LogP contribution is -2.47. The Kier molecular flexibility index (Phi) is 8.27. The van der Waals surface area contributed by atoms with Crippen molar-refractivity contribution in [1.29, 1.82) is 0 Å². The van der Waals surface area contributed by atoms with Crippen molar-refractivity contribution in [3.8, 4) is 17.1 Å². The summed E-state index contributed by atoms with van der Waals surface area (Å²) in [5.74, 6) is 1.64. The molecule has 2 aromatic heterocycles. The maximum atomic E-state index is 6.63. The summed E-state index contributed by atoms with van der Waals surface area (Å²) in [7, 11) is 3.44. The number of hydrogen-bond acceptors (Lipinski definition) is 8. The predicted octanol–water partition coefficient (Wildman–Crippen LogP) is 5.21. The maximum Gasteiger partial charge on any atom is 0.159 e. The summed E-state index contributed by atoms with van der Waals surface area (Å²) in [5, 5.41) is 4.09. The monoisotopic (exact) mass is 573 g/mol.